The summed E-state index contributed by atoms with van der Waals surface area (Å²) in [7, 11) is 0. The van der Waals surface area contributed by atoms with E-state index in [-0.39, 0.29) is 17.9 Å². The van der Waals surface area contributed by atoms with E-state index < -0.39 is 0 Å². The maximum absolute atomic E-state index is 12.0. The van der Waals surface area contributed by atoms with Gasteiger partial charge in [0.1, 0.15) is 0 Å². The van der Waals surface area contributed by atoms with Crippen molar-refractivity contribution in [1.82, 2.24) is 4.90 Å². The third kappa shape index (κ3) is 2.94. The van der Waals surface area contributed by atoms with Crippen LogP contribution in [-0.4, -0.2) is 29.9 Å². The van der Waals surface area contributed by atoms with Gasteiger partial charge in [0.15, 0.2) is 0 Å². The molecule has 1 saturated heterocycles. The first-order chi connectivity index (χ1) is 7.10. The summed E-state index contributed by atoms with van der Waals surface area (Å²) in [4.78, 5) is 14.0. The molecule has 0 aromatic rings. The van der Waals surface area contributed by atoms with E-state index in [0.717, 1.165) is 25.9 Å². The molecule has 3 atom stereocenters. The monoisotopic (exact) mass is 212 g/mol. The van der Waals surface area contributed by atoms with Gasteiger partial charge >= 0.3 is 0 Å². The van der Waals surface area contributed by atoms with E-state index in [2.05, 4.69) is 20.8 Å². The van der Waals surface area contributed by atoms with Gasteiger partial charge in [0.05, 0.1) is 6.04 Å². The van der Waals surface area contributed by atoms with Crippen molar-refractivity contribution in [3.05, 3.63) is 0 Å². The second kappa shape index (κ2) is 5.50. The number of carbonyl (C=O) groups is 1. The lowest BCUT2D eigenvalue weighted by Crippen LogP contribution is -2.46. The van der Waals surface area contributed by atoms with Crippen molar-refractivity contribution in [3.63, 3.8) is 0 Å². The molecule has 1 fully saturated rings. The molecule has 2 N–H and O–H groups in total. The van der Waals surface area contributed by atoms with Gasteiger partial charge in [-0.3, -0.25) is 4.79 Å². The Morgan fingerprint density at radius 1 is 1.53 bits per heavy atom. The minimum Gasteiger partial charge on any atom is -0.341 e. The zero-order valence-electron chi connectivity index (χ0n) is 10.2. The molecule has 1 rings (SSSR count). The molecule has 0 aromatic carbocycles. The second-order valence-corrected chi connectivity index (χ2v) is 4.76. The number of amides is 1. The minimum absolute atomic E-state index is 0.153. The van der Waals surface area contributed by atoms with E-state index in [1.165, 1.54) is 6.42 Å². The Kier molecular flexibility index (Phi) is 4.58. The van der Waals surface area contributed by atoms with Crippen LogP contribution >= 0.6 is 0 Å². The van der Waals surface area contributed by atoms with E-state index in [9.17, 15) is 4.79 Å². The summed E-state index contributed by atoms with van der Waals surface area (Å²) in [5, 5.41) is 0. The van der Waals surface area contributed by atoms with Crippen molar-refractivity contribution in [2.45, 2.75) is 46.1 Å². The Bertz CT molecular complexity index is 218. The predicted octanol–water partition coefficient (Wildman–Crippen LogP) is 1.62. The van der Waals surface area contributed by atoms with Crippen LogP contribution in [0.15, 0.2) is 0 Å². The van der Waals surface area contributed by atoms with Crippen LogP contribution in [0.3, 0.4) is 0 Å². The number of rotatable bonds is 4. The number of hydrogen-bond donors (Lipinski definition) is 1. The normalized spacial score (nSPS) is 25.3. The Labute approximate surface area is 93.0 Å². The maximum Gasteiger partial charge on any atom is 0.239 e. The Morgan fingerprint density at radius 2 is 2.20 bits per heavy atom. The molecule has 1 amide bonds. The highest BCUT2D eigenvalue weighted by molar-refractivity contribution is 5.82. The summed E-state index contributed by atoms with van der Waals surface area (Å²) in [6, 6.07) is -0.300. The van der Waals surface area contributed by atoms with Gasteiger partial charge in [-0.2, -0.15) is 0 Å². The van der Waals surface area contributed by atoms with Gasteiger partial charge in [0.25, 0.3) is 0 Å². The third-order valence-corrected chi connectivity index (χ3v) is 3.72. The van der Waals surface area contributed by atoms with Crippen molar-refractivity contribution < 1.29 is 4.79 Å². The average molecular weight is 212 g/mol. The molecule has 0 aromatic heterocycles. The standard InChI is InChI=1S/C12H24N2O/c1-4-9(3)11(13)12(15)14-7-6-10(5-2)8-14/h9-11H,4-8,13H2,1-3H3. The van der Waals surface area contributed by atoms with Gasteiger partial charge in [-0.05, 0) is 18.3 Å². The fourth-order valence-electron chi connectivity index (χ4n) is 2.07. The molecule has 3 unspecified atom stereocenters. The molecule has 1 heterocycles. The van der Waals surface area contributed by atoms with E-state index in [0.29, 0.717) is 5.92 Å². The van der Waals surface area contributed by atoms with E-state index in [1.807, 2.05) is 4.90 Å². The van der Waals surface area contributed by atoms with Crippen LogP contribution in [-0.2, 0) is 4.79 Å². The summed E-state index contributed by atoms with van der Waals surface area (Å²) >= 11 is 0. The predicted molar refractivity (Wildman–Crippen MR) is 62.4 cm³/mol. The molecule has 3 heteroatoms. The summed E-state index contributed by atoms with van der Waals surface area (Å²) in [6.07, 6.45) is 3.29. The smallest absolute Gasteiger partial charge is 0.239 e. The van der Waals surface area contributed by atoms with Gasteiger partial charge in [-0.25, -0.2) is 0 Å². The van der Waals surface area contributed by atoms with Crippen LogP contribution in [0.5, 0.6) is 0 Å². The first-order valence-corrected chi connectivity index (χ1v) is 6.14. The lowest BCUT2D eigenvalue weighted by Gasteiger charge is -2.24. The summed E-state index contributed by atoms with van der Waals surface area (Å²) in [5.41, 5.74) is 5.95. The number of nitrogens with two attached hydrogens (primary N) is 1. The molecule has 0 radical (unpaired) electrons. The Hall–Kier alpha value is -0.570. The highest BCUT2D eigenvalue weighted by Crippen LogP contribution is 2.20. The van der Waals surface area contributed by atoms with Gasteiger partial charge in [0, 0.05) is 13.1 Å². The van der Waals surface area contributed by atoms with Crippen LogP contribution in [0.25, 0.3) is 0 Å². The average Bonchev–Trinajstić information content (AvgIpc) is 2.74. The van der Waals surface area contributed by atoms with Crippen molar-refractivity contribution in [1.29, 1.82) is 0 Å². The molecule has 15 heavy (non-hydrogen) atoms. The van der Waals surface area contributed by atoms with Crippen molar-refractivity contribution >= 4 is 5.91 Å². The van der Waals surface area contributed by atoms with Crippen LogP contribution in [0, 0.1) is 11.8 Å². The fourth-order valence-corrected chi connectivity index (χ4v) is 2.07. The summed E-state index contributed by atoms with van der Waals surface area (Å²) < 4.78 is 0. The van der Waals surface area contributed by atoms with Crippen molar-refractivity contribution in [2.75, 3.05) is 13.1 Å². The largest absolute Gasteiger partial charge is 0.341 e. The molecular weight excluding hydrogens is 188 g/mol. The number of nitrogens with zero attached hydrogens (tertiary/aromatic N) is 1. The molecule has 0 bridgehead atoms. The summed E-state index contributed by atoms with van der Waals surface area (Å²) in [5.74, 6) is 1.14. The number of carbonyl (C=O) groups excluding carboxylic acids is 1. The van der Waals surface area contributed by atoms with Crippen molar-refractivity contribution in [3.8, 4) is 0 Å². The SMILES string of the molecule is CCC1CCN(C(=O)C(N)C(C)CC)C1. The van der Waals surface area contributed by atoms with Gasteiger partial charge < -0.3 is 10.6 Å². The molecular formula is C12H24N2O. The molecule has 1 aliphatic heterocycles. The topological polar surface area (TPSA) is 46.3 Å². The Morgan fingerprint density at radius 3 is 2.67 bits per heavy atom. The van der Waals surface area contributed by atoms with Gasteiger partial charge in [0.2, 0.25) is 5.91 Å². The molecule has 0 spiro atoms. The zero-order chi connectivity index (χ0) is 11.4. The molecule has 0 aliphatic carbocycles. The van der Waals surface area contributed by atoms with Crippen molar-refractivity contribution in [2.24, 2.45) is 17.6 Å². The maximum atomic E-state index is 12.0. The van der Waals surface area contributed by atoms with Gasteiger partial charge in [-0.1, -0.05) is 33.6 Å². The molecule has 1 aliphatic rings. The summed E-state index contributed by atoms with van der Waals surface area (Å²) in [6.45, 7) is 8.14. The fraction of sp³-hybridized carbons (Fsp3) is 0.917. The molecule has 0 saturated carbocycles. The highest BCUT2D eigenvalue weighted by atomic mass is 16.2. The first-order valence-electron chi connectivity index (χ1n) is 6.14. The number of hydrogen-bond acceptors (Lipinski definition) is 2. The van der Waals surface area contributed by atoms with Crippen LogP contribution < -0.4 is 5.73 Å². The van der Waals surface area contributed by atoms with E-state index in [4.69, 9.17) is 5.73 Å². The Balaban J connectivity index is 2.47. The molecule has 3 nitrogen and oxygen atoms in total. The quantitative estimate of drug-likeness (QED) is 0.769. The lowest BCUT2D eigenvalue weighted by molar-refractivity contribution is -0.132. The van der Waals surface area contributed by atoms with E-state index >= 15 is 0 Å². The second-order valence-electron chi connectivity index (χ2n) is 4.76. The molecule has 88 valence electrons. The number of likely N-dealkylation sites (tertiary alicyclic amines) is 1. The van der Waals surface area contributed by atoms with Gasteiger partial charge in [-0.15, -0.1) is 0 Å². The van der Waals surface area contributed by atoms with Crippen LogP contribution in [0.4, 0.5) is 0 Å². The zero-order valence-corrected chi connectivity index (χ0v) is 10.2. The third-order valence-electron chi connectivity index (χ3n) is 3.72. The lowest BCUT2D eigenvalue weighted by atomic mass is 9.99. The van der Waals surface area contributed by atoms with E-state index in [1.54, 1.807) is 0 Å². The first kappa shape index (κ1) is 12.5. The van der Waals surface area contributed by atoms with Crippen LogP contribution in [0.1, 0.15) is 40.0 Å². The highest BCUT2D eigenvalue weighted by Gasteiger charge is 2.30. The minimum atomic E-state index is -0.300. The van der Waals surface area contributed by atoms with Crippen LogP contribution in [0.2, 0.25) is 0 Å².